The Labute approximate surface area is 159 Å². The third kappa shape index (κ3) is 3.29. The van der Waals surface area contributed by atoms with Crippen molar-refractivity contribution in [2.45, 2.75) is 25.5 Å². The molecule has 8 heteroatoms. The summed E-state index contributed by atoms with van der Waals surface area (Å²) >= 11 is 1.73. The fourth-order valence-corrected chi connectivity index (χ4v) is 4.29. The molecule has 4 aromatic heterocycles. The van der Waals surface area contributed by atoms with Gasteiger partial charge in [0.1, 0.15) is 12.4 Å². The van der Waals surface area contributed by atoms with E-state index in [1.54, 1.807) is 29.9 Å². The van der Waals surface area contributed by atoms with E-state index in [2.05, 4.69) is 32.2 Å². The van der Waals surface area contributed by atoms with E-state index in [4.69, 9.17) is 9.26 Å². The van der Waals surface area contributed by atoms with Gasteiger partial charge in [0.25, 0.3) is 0 Å². The highest BCUT2D eigenvalue weighted by Gasteiger charge is 2.21. The van der Waals surface area contributed by atoms with Crippen molar-refractivity contribution < 1.29 is 9.26 Å². The highest BCUT2D eigenvalue weighted by Crippen LogP contribution is 2.36. The van der Waals surface area contributed by atoms with Gasteiger partial charge in [-0.1, -0.05) is 5.16 Å². The average Bonchev–Trinajstić information content (AvgIpc) is 3.48. The van der Waals surface area contributed by atoms with Crippen LogP contribution in [0.2, 0.25) is 0 Å². The molecule has 1 aliphatic rings. The summed E-state index contributed by atoms with van der Waals surface area (Å²) in [6.07, 6.45) is 9.60. The first-order valence-electron chi connectivity index (χ1n) is 8.82. The van der Waals surface area contributed by atoms with E-state index >= 15 is 0 Å². The zero-order chi connectivity index (χ0) is 18.1. The predicted molar refractivity (Wildman–Crippen MR) is 100 cm³/mol. The third-order valence-corrected chi connectivity index (χ3v) is 5.68. The molecule has 0 radical (unpaired) electrons. The van der Waals surface area contributed by atoms with Crippen molar-refractivity contribution in [1.82, 2.24) is 24.7 Å². The summed E-state index contributed by atoms with van der Waals surface area (Å²) in [6.45, 7) is 1.32. The van der Waals surface area contributed by atoms with Gasteiger partial charge in [0.05, 0.1) is 11.0 Å². The van der Waals surface area contributed by atoms with Gasteiger partial charge in [-0.05, 0) is 37.1 Å². The number of nitrogens with zero attached hydrogens (tertiary/aromatic N) is 5. The van der Waals surface area contributed by atoms with Gasteiger partial charge in [-0.15, -0.1) is 11.3 Å². The minimum Gasteiger partial charge on any atom is -0.373 e. The van der Waals surface area contributed by atoms with Gasteiger partial charge < -0.3 is 13.8 Å². The smallest absolute Gasteiger partial charge is 0.246 e. The van der Waals surface area contributed by atoms with Gasteiger partial charge in [0.15, 0.2) is 0 Å². The van der Waals surface area contributed by atoms with Crippen LogP contribution in [-0.2, 0) is 11.3 Å². The van der Waals surface area contributed by atoms with Crippen LogP contribution in [0.25, 0.3) is 22.1 Å². The fourth-order valence-electron chi connectivity index (χ4n) is 3.19. The van der Waals surface area contributed by atoms with Crippen LogP contribution in [0, 0.1) is 0 Å². The molecule has 27 heavy (non-hydrogen) atoms. The maximum absolute atomic E-state index is 5.79. The number of rotatable bonds is 5. The number of ether oxygens (including phenoxy) is 1. The van der Waals surface area contributed by atoms with Crippen molar-refractivity contribution in [3.8, 4) is 22.1 Å². The SMILES string of the molecule is c1cncc(-c2noc(Cn3ccnc3-c3ccc([C@H]4CCCO4)s3)n2)c1. The number of aromatic nitrogens is 5. The Balaban J connectivity index is 1.37. The number of imidazole rings is 1. The molecule has 1 saturated heterocycles. The minimum atomic E-state index is 0.227. The molecular weight excluding hydrogens is 362 g/mol. The standard InChI is InChI=1S/C19H17N5O2S/c1-3-13(11-20-7-1)18-22-17(26-23-18)12-24-9-8-21-19(24)16-6-5-15(27-16)14-4-2-10-25-14/h1,3,5-9,11,14H,2,4,10,12H2/t14-/m1/s1. The van der Waals surface area contributed by atoms with E-state index in [1.165, 1.54) is 4.88 Å². The summed E-state index contributed by atoms with van der Waals surface area (Å²) in [5, 5.41) is 4.05. The topological polar surface area (TPSA) is 78.9 Å². The average molecular weight is 379 g/mol. The molecule has 1 atom stereocenters. The molecule has 0 saturated carbocycles. The van der Waals surface area contributed by atoms with Crippen LogP contribution < -0.4 is 0 Å². The zero-order valence-corrected chi connectivity index (χ0v) is 15.3. The predicted octanol–water partition coefficient (Wildman–Crippen LogP) is 3.96. The van der Waals surface area contributed by atoms with Crippen LogP contribution in [0.15, 0.2) is 53.6 Å². The molecule has 0 unspecified atom stereocenters. The molecule has 5 rings (SSSR count). The van der Waals surface area contributed by atoms with E-state index in [9.17, 15) is 0 Å². The Bertz CT molecular complexity index is 1030. The monoisotopic (exact) mass is 379 g/mol. The number of pyridine rings is 1. The Morgan fingerprint density at radius 2 is 2.22 bits per heavy atom. The van der Waals surface area contributed by atoms with Gasteiger partial charge >= 0.3 is 0 Å². The lowest BCUT2D eigenvalue weighted by Crippen LogP contribution is -2.00. The zero-order valence-electron chi connectivity index (χ0n) is 14.5. The summed E-state index contributed by atoms with van der Waals surface area (Å²) in [6, 6.07) is 8.00. The van der Waals surface area contributed by atoms with Gasteiger partial charge in [-0.3, -0.25) is 4.98 Å². The lowest BCUT2D eigenvalue weighted by Gasteiger charge is -2.05. The Hall–Kier alpha value is -2.84. The maximum Gasteiger partial charge on any atom is 0.246 e. The summed E-state index contributed by atoms with van der Waals surface area (Å²) in [5.74, 6) is 1.96. The molecule has 5 heterocycles. The van der Waals surface area contributed by atoms with Gasteiger partial charge in [0.2, 0.25) is 11.7 Å². The van der Waals surface area contributed by atoms with Crippen LogP contribution in [0.4, 0.5) is 0 Å². The number of thiophene rings is 1. The van der Waals surface area contributed by atoms with E-state index in [0.29, 0.717) is 18.3 Å². The normalized spacial score (nSPS) is 16.8. The Morgan fingerprint density at radius 1 is 1.22 bits per heavy atom. The van der Waals surface area contributed by atoms with Crippen LogP contribution >= 0.6 is 11.3 Å². The van der Waals surface area contributed by atoms with E-state index in [1.807, 2.05) is 22.9 Å². The summed E-state index contributed by atoms with van der Waals surface area (Å²) in [5.41, 5.74) is 0.831. The highest BCUT2D eigenvalue weighted by atomic mass is 32.1. The van der Waals surface area contributed by atoms with Gasteiger partial charge in [-0.25, -0.2) is 4.98 Å². The quantitative estimate of drug-likeness (QED) is 0.522. The molecule has 0 bridgehead atoms. The number of hydrogen-bond donors (Lipinski definition) is 0. The van der Waals surface area contributed by atoms with Crippen molar-refractivity contribution in [3.05, 3.63) is 59.8 Å². The van der Waals surface area contributed by atoms with Crippen LogP contribution in [0.5, 0.6) is 0 Å². The first kappa shape index (κ1) is 16.3. The maximum atomic E-state index is 5.79. The number of hydrogen-bond acceptors (Lipinski definition) is 7. The molecule has 136 valence electrons. The van der Waals surface area contributed by atoms with Crippen LogP contribution in [-0.4, -0.2) is 31.3 Å². The molecule has 0 aromatic carbocycles. The lowest BCUT2D eigenvalue weighted by atomic mass is 10.2. The second-order valence-corrected chi connectivity index (χ2v) is 7.45. The van der Waals surface area contributed by atoms with Crippen molar-refractivity contribution in [1.29, 1.82) is 0 Å². The fraction of sp³-hybridized carbons (Fsp3) is 0.263. The van der Waals surface area contributed by atoms with Crippen LogP contribution in [0.1, 0.15) is 29.7 Å². The van der Waals surface area contributed by atoms with Gasteiger partial charge in [-0.2, -0.15) is 4.98 Å². The molecular formula is C19H17N5O2S. The van der Waals surface area contributed by atoms with Crippen molar-refractivity contribution >= 4 is 11.3 Å². The van der Waals surface area contributed by atoms with E-state index in [-0.39, 0.29) is 6.10 Å². The molecule has 0 spiro atoms. The molecule has 1 aliphatic heterocycles. The van der Waals surface area contributed by atoms with Crippen LogP contribution in [0.3, 0.4) is 0 Å². The minimum absolute atomic E-state index is 0.227. The molecule has 0 N–H and O–H groups in total. The second kappa shape index (κ2) is 7.05. The van der Waals surface area contributed by atoms with Crippen molar-refractivity contribution in [2.24, 2.45) is 0 Å². The molecule has 1 fully saturated rings. The molecule has 7 nitrogen and oxygen atoms in total. The molecule has 0 amide bonds. The van der Waals surface area contributed by atoms with Crippen molar-refractivity contribution in [3.63, 3.8) is 0 Å². The van der Waals surface area contributed by atoms with E-state index < -0.39 is 0 Å². The Morgan fingerprint density at radius 3 is 3.07 bits per heavy atom. The summed E-state index contributed by atoms with van der Waals surface area (Å²) in [7, 11) is 0. The Kier molecular flexibility index (Phi) is 4.27. The molecule has 4 aromatic rings. The largest absolute Gasteiger partial charge is 0.373 e. The molecule has 0 aliphatic carbocycles. The summed E-state index contributed by atoms with van der Waals surface area (Å²) < 4.78 is 13.2. The lowest BCUT2D eigenvalue weighted by molar-refractivity contribution is 0.114. The van der Waals surface area contributed by atoms with E-state index in [0.717, 1.165) is 35.7 Å². The second-order valence-electron chi connectivity index (χ2n) is 6.34. The van der Waals surface area contributed by atoms with Crippen molar-refractivity contribution in [2.75, 3.05) is 6.61 Å². The highest BCUT2D eigenvalue weighted by molar-refractivity contribution is 7.15. The first-order valence-corrected chi connectivity index (χ1v) is 9.64. The first-order chi connectivity index (χ1) is 13.4. The summed E-state index contributed by atoms with van der Waals surface area (Å²) in [4.78, 5) is 15.5. The third-order valence-electron chi connectivity index (χ3n) is 4.50. The van der Waals surface area contributed by atoms with Gasteiger partial charge in [0, 0.05) is 41.8 Å².